The summed E-state index contributed by atoms with van der Waals surface area (Å²) in [5.74, 6) is -0.415. The number of hydrogen-bond donors (Lipinski definition) is 0. The number of rotatable bonds is 4. The molecule has 0 spiro atoms. The highest BCUT2D eigenvalue weighted by Crippen LogP contribution is 2.35. The Balaban J connectivity index is 1.74. The summed E-state index contributed by atoms with van der Waals surface area (Å²) in [7, 11) is 0. The van der Waals surface area contributed by atoms with Gasteiger partial charge in [-0.05, 0) is 31.2 Å². The van der Waals surface area contributed by atoms with E-state index in [-0.39, 0.29) is 28.8 Å². The van der Waals surface area contributed by atoms with Gasteiger partial charge in [0.2, 0.25) is 6.23 Å². The van der Waals surface area contributed by atoms with E-state index in [1.165, 1.54) is 4.90 Å². The smallest absolute Gasteiger partial charge is 0.435 e. The van der Waals surface area contributed by atoms with Crippen molar-refractivity contribution in [2.45, 2.75) is 19.6 Å². The summed E-state index contributed by atoms with van der Waals surface area (Å²) in [6, 6.07) is 14.5. The molecule has 3 aromatic rings. The molecule has 0 fully saturated rings. The minimum absolute atomic E-state index is 0.143. The van der Waals surface area contributed by atoms with Crippen molar-refractivity contribution in [3.05, 3.63) is 81.9 Å². The molecule has 1 aliphatic rings. The first kappa shape index (κ1) is 21.2. The number of amides is 1. The van der Waals surface area contributed by atoms with E-state index in [0.717, 1.165) is 11.4 Å². The number of imidazole rings is 1. The highest BCUT2D eigenvalue weighted by molar-refractivity contribution is 6.43. The van der Waals surface area contributed by atoms with E-state index >= 15 is 0 Å². The molecule has 1 atom stereocenters. The van der Waals surface area contributed by atoms with Crippen LogP contribution in [0.3, 0.4) is 0 Å². The van der Waals surface area contributed by atoms with Gasteiger partial charge >= 0.3 is 6.16 Å². The van der Waals surface area contributed by atoms with Gasteiger partial charge in [-0.3, -0.25) is 9.69 Å². The number of para-hydroxylation sites is 1. The number of ether oxygens (including phenoxy) is 2. The molecule has 1 aliphatic heterocycles. The molecule has 0 saturated carbocycles. The van der Waals surface area contributed by atoms with Gasteiger partial charge in [-0.15, -0.1) is 0 Å². The molecule has 0 N–H and O–H groups in total. The van der Waals surface area contributed by atoms with Crippen molar-refractivity contribution in [1.29, 1.82) is 0 Å². The monoisotopic (exact) mass is 459 g/mol. The van der Waals surface area contributed by atoms with E-state index in [0.29, 0.717) is 12.1 Å². The van der Waals surface area contributed by atoms with Crippen LogP contribution in [-0.2, 0) is 15.9 Å². The first-order chi connectivity index (χ1) is 15.0. The number of fused-ring (bicyclic) bond motifs is 1. The molecular formula is C22H19Cl2N3O4. The molecule has 4 rings (SSSR count). The lowest BCUT2D eigenvalue weighted by Crippen LogP contribution is -2.42. The molecule has 31 heavy (non-hydrogen) atoms. The Hall–Kier alpha value is -3.03. The molecule has 2 heterocycles. The van der Waals surface area contributed by atoms with Crippen LogP contribution in [0.15, 0.2) is 54.9 Å². The molecule has 160 valence electrons. The standard InChI is InChI=1S/C22H19Cl2N3O4/c1-2-30-22(29)31-21-19-17(27(13-25-19)14-7-4-3-5-8-14)11-12-26(21)20(28)15-9-6-10-16(23)18(15)24/h3-10,13,21H,2,11-12H2,1H3. The summed E-state index contributed by atoms with van der Waals surface area (Å²) in [5, 5.41) is 0.408. The predicted octanol–water partition coefficient (Wildman–Crippen LogP) is 5.05. The van der Waals surface area contributed by atoms with Crippen LogP contribution in [-0.4, -0.2) is 39.7 Å². The van der Waals surface area contributed by atoms with E-state index in [9.17, 15) is 9.59 Å². The Morgan fingerprint density at radius 3 is 2.65 bits per heavy atom. The van der Waals surface area contributed by atoms with Crippen molar-refractivity contribution < 1.29 is 19.1 Å². The van der Waals surface area contributed by atoms with Crippen LogP contribution in [0.1, 0.15) is 34.9 Å². The van der Waals surface area contributed by atoms with Crippen LogP contribution in [0.4, 0.5) is 4.79 Å². The van der Waals surface area contributed by atoms with Crippen LogP contribution in [0.25, 0.3) is 5.69 Å². The maximum absolute atomic E-state index is 13.3. The highest BCUT2D eigenvalue weighted by Gasteiger charge is 2.38. The fourth-order valence-corrected chi connectivity index (χ4v) is 3.92. The third-order valence-electron chi connectivity index (χ3n) is 4.95. The Morgan fingerprint density at radius 1 is 1.13 bits per heavy atom. The SMILES string of the molecule is CCOC(=O)OC1c2ncn(-c3ccccc3)c2CCN1C(=O)c1cccc(Cl)c1Cl. The molecule has 1 aromatic heterocycles. The van der Waals surface area contributed by atoms with Gasteiger partial charge < -0.3 is 14.0 Å². The lowest BCUT2D eigenvalue weighted by Gasteiger charge is -2.34. The third kappa shape index (κ3) is 4.11. The van der Waals surface area contributed by atoms with Gasteiger partial charge in [0.1, 0.15) is 5.69 Å². The number of carbonyl (C=O) groups is 2. The Bertz CT molecular complexity index is 1120. The number of carbonyl (C=O) groups excluding carboxylic acids is 2. The van der Waals surface area contributed by atoms with Crippen molar-refractivity contribution in [1.82, 2.24) is 14.5 Å². The van der Waals surface area contributed by atoms with Crippen LogP contribution < -0.4 is 0 Å². The lowest BCUT2D eigenvalue weighted by atomic mass is 10.1. The number of benzene rings is 2. The van der Waals surface area contributed by atoms with Crippen LogP contribution in [0, 0.1) is 0 Å². The van der Waals surface area contributed by atoms with E-state index in [4.69, 9.17) is 32.7 Å². The quantitative estimate of drug-likeness (QED) is 0.510. The predicted molar refractivity (Wildman–Crippen MR) is 116 cm³/mol. The number of aromatic nitrogens is 2. The molecule has 1 unspecified atom stereocenters. The van der Waals surface area contributed by atoms with Crippen molar-refractivity contribution >= 4 is 35.3 Å². The second-order valence-electron chi connectivity index (χ2n) is 6.79. The summed E-state index contributed by atoms with van der Waals surface area (Å²) in [6.07, 6.45) is 0.221. The minimum Gasteiger partial charge on any atom is -0.435 e. The topological polar surface area (TPSA) is 73.7 Å². The van der Waals surface area contributed by atoms with E-state index in [1.54, 1.807) is 31.5 Å². The van der Waals surface area contributed by atoms with E-state index < -0.39 is 18.3 Å². The third-order valence-corrected chi connectivity index (χ3v) is 5.77. The van der Waals surface area contributed by atoms with Gasteiger partial charge in [0, 0.05) is 18.7 Å². The van der Waals surface area contributed by atoms with Gasteiger partial charge in [0.25, 0.3) is 5.91 Å². The van der Waals surface area contributed by atoms with E-state index in [2.05, 4.69) is 4.98 Å². The van der Waals surface area contributed by atoms with Gasteiger partial charge in [-0.2, -0.15) is 0 Å². The second kappa shape index (κ2) is 8.99. The molecule has 2 aromatic carbocycles. The fourth-order valence-electron chi connectivity index (χ4n) is 3.54. The first-order valence-electron chi connectivity index (χ1n) is 9.71. The van der Waals surface area contributed by atoms with Gasteiger partial charge in [0.15, 0.2) is 0 Å². The van der Waals surface area contributed by atoms with Gasteiger partial charge in [-0.25, -0.2) is 9.78 Å². The Kier molecular flexibility index (Phi) is 6.15. The largest absolute Gasteiger partial charge is 0.510 e. The molecule has 0 saturated heterocycles. The van der Waals surface area contributed by atoms with Gasteiger partial charge in [0.05, 0.1) is 34.2 Å². The summed E-state index contributed by atoms with van der Waals surface area (Å²) in [4.78, 5) is 31.4. The summed E-state index contributed by atoms with van der Waals surface area (Å²) in [6.45, 7) is 2.11. The van der Waals surface area contributed by atoms with Crippen LogP contribution in [0.5, 0.6) is 0 Å². The van der Waals surface area contributed by atoms with Gasteiger partial charge in [-0.1, -0.05) is 47.5 Å². The normalized spacial score (nSPS) is 15.3. The lowest BCUT2D eigenvalue weighted by molar-refractivity contribution is -0.0444. The molecule has 1 amide bonds. The summed E-state index contributed by atoms with van der Waals surface area (Å²) < 4.78 is 12.4. The zero-order valence-corrected chi connectivity index (χ0v) is 18.1. The highest BCUT2D eigenvalue weighted by atomic mass is 35.5. The summed E-state index contributed by atoms with van der Waals surface area (Å²) >= 11 is 12.4. The van der Waals surface area contributed by atoms with E-state index in [1.807, 2.05) is 34.9 Å². The molecule has 0 radical (unpaired) electrons. The first-order valence-corrected chi connectivity index (χ1v) is 10.5. The zero-order valence-electron chi connectivity index (χ0n) is 16.6. The minimum atomic E-state index is -1.06. The molecule has 0 aliphatic carbocycles. The van der Waals surface area contributed by atoms with Crippen LogP contribution in [0.2, 0.25) is 10.0 Å². The van der Waals surface area contributed by atoms with Crippen LogP contribution >= 0.6 is 23.2 Å². The molecule has 0 bridgehead atoms. The number of hydrogen-bond acceptors (Lipinski definition) is 5. The molecule has 7 nitrogen and oxygen atoms in total. The molecule has 9 heteroatoms. The average molecular weight is 460 g/mol. The molecular weight excluding hydrogens is 441 g/mol. The van der Waals surface area contributed by atoms with Crippen molar-refractivity contribution in [3.63, 3.8) is 0 Å². The second-order valence-corrected chi connectivity index (χ2v) is 7.57. The zero-order chi connectivity index (χ0) is 22.0. The Morgan fingerprint density at radius 2 is 1.90 bits per heavy atom. The summed E-state index contributed by atoms with van der Waals surface area (Å²) in [5.41, 5.74) is 2.46. The fraction of sp³-hybridized carbons (Fsp3) is 0.227. The van der Waals surface area contributed by atoms with Crippen molar-refractivity contribution in [2.75, 3.05) is 13.2 Å². The maximum atomic E-state index is 13.3. The maximum Gasteiger partial charge on any atom is 0.510 e. The average Bonchev–Trinajstić information content (AvgIpc) is 3.21. The van der Waals surface area contributed by atoms with Crippen molar-refractivity contribution in [2.24, 2.45) is 0 Å². The van der Waals surface area contributed by atoms with Crippen molar-refractivity contribution in [3.8, 4) is 5.69 Å². The Labute approximate surface area is 189 Å². The number of nitrogens with zero attached hydrogens (tertiary/aromatic N) is 3. The number of halogens is 2.